The molecule has 0 radical (unpaired) electrons. The number of carbonyl (C=O) groups is 4. The number of benzene rings is 1. The molecule has 4 atom stereocenters. The van der Waals surface area contributed by atoms with Crippen LogP contribution in [0.15, 0.2) is 18.2 Å². The number of ether oxygens (including phenoxy) is 4. The molecule has 0 saturated carbocycles. The van der Waals surface area contributed by atoms with Gasteiger partial charge in [0.2, 0.25) is 6.79 Å². The molecular weight excluding hydrogens is 498 g/mol. The Hall–Kier alpha value is -3.11. The molecule has 13 heteroatoms. The van der Waals surface area contributed by atoms with Crippen LogP contribution in [-0.4, -0.2) is 70.0 Å². The van der Waals surface area contributed by atoms with Crippen molar-refractivity contribution >= 4 is 45.9 Å². The van der Waals surface area contributed by atoms with Crippen LogP contribution in [0.25, 0.3) is 0 Å². The maximum Gasteiger partial charge on any atom is 0.369 e. The van der Waals surface area contributed by atoms with Crippen molar-refractivity contribution in [2.24, 2.45) is 5.41 Å². The molecule has 186 valence electrons. The van der Waals surface area contributed by atoms with E-state index in [0.29, 0.717) is 40.6 Å². The van der Waals surface area contributed by atoms with Gasteiger partial charge in [-0.05, 0) is 55.1 Å². The van der Waals surface area contributed by atoms with Crippen molar-refractivity contribution in [3.8, 4) is 17.6 Å². The zero-order chi connectivity index (χ0) is 25.8. The van der Waals surface area contributed by atoms with Gasteiger partial charge in [0, 0.05) is 13.5 Å². The van der Waals surface area contributed by atoms with Gasteiger partial charge in [0.05, 0.1) is 31.7 Å². The standard InChI is InChI=1S/C22H23N3O8S2/c1-20(10-23)9-22(35-19(29)31-5)17(27)24(3)21(2,34-18(28)30-4)16(26)25(22)15(20)12-6-7-13-14(8-12)33-11-32-13/h6-8,15H,9,11H2,1-5H3/t15-,20+,21-,22-/m0/s1. The topological polar surface area (TPSA) is 135 Å². The predicted octanol–water partition coefficient (Wildman–Crippen LogP) is 3.10. The SMILES string of the molecule is COC(=O)S[C@@]1(C)C(=O)N2[C@@H](c3ccc4c(c3)OCO4)[C@@](C)(C#N)C[C@]2(SC(=O)OC)C(=O)N1C. The second-order valence-electron chi connectivity index (χ2n) is 8.64. The number of piperazine rings is 1. The van der Waals surface area contributed by atoms with Gasteiger partial charge in [-0.1, -0.05) is 6.07 Å². The molecule has 0 spiro atoms. The summed E-state index contributed by atoms with van der Waals surface area (Å²) < 4.78 is 20.4. The van der Waals surface area contributed by atoms with E-state index in [4.69, 9.17) is 18.9 Å². The quantitative estimate of drug-likeness (QED) is 0.543. The van der Waals surface area contributed by atoms with Crippen LogP contribution in [0.3, 0.4) is 0 Å². The number of likely N-dealkylation sites (N-methyl/N-ethyl adjacent to an activating group) is 1. The van der Waals surface area contributed by atoms with Crippen LogP contribution in [0.5, 0.6) is 11.5 Å². The van der Waals surface area contributed by atoms with Crippen molar-refractivity contribution in [1.82, 2.24) is 9.80 Å². The van der Waals surface area contributed by atoms with Crippen molar-refractivity contribution in [2.45, 2.75) is 36.1 Å². The highest BCUT2D eigenvalue weighted by atomic mass is 32.2. The van der Waals surface area contributed by atoms with Crippen LogP contribution in [0.4, 0.5) is 9.59 Å². The first kappa shape index (κ1) is 25.0. The molecule has 3 aliphatic rings. The summed E-state index contributed by atoms with van der Waals surface area (Å²) in [5.74, 6) is -0.308. The van der Waals surface area contributed by atoms with Gasteiger partial charge in [-0.2, -0.15) is 5.26 Å². The number of hydrogen-bond donors (Lipinski definition) is 0. The maximum absolute atomic E-state index is 14.2. The minimum atomic E-state index is -1.78. The fraction of sp³-hybridized carbons (Fsp3) is 0.500. The third-order valence-corrected chi connectivity index (χ3v) is 8.95. The molecule has 0 unspecified atom stereocenters. The van der Waals surface area contributed by atoms with Crippen molar-refractivity contribution in [1.29, 1.82) is 5.26 Å². The van der Waals surface area contributed by atoms with E-state index in [1.54, 1.807) is 25.1 Å². The summed E-state index contributed by atoms with van der Waals surface area (Å²) in [5, 5.41) is 8.72. The number of nitrogens with zero attached hydrogens (tertiary/aromatic N) is 3. The van der Waals surface area contributed by atoms with E-state index in [-0.39, 0.29) is 13.2 Å². The fourth-order valence-corrected chi connectivity index (χ4v) is 6.84. The highest BCUT2D eigenvalue weighted by Gasteiger charge is 2.72. The molecule has 0 aliphatic carbocycles. The smallest absolute Gasteiger partial charge is 0.369 e. The Morgan fingerprint density at radius 1 is 1.09 bits per heavy atom. The largest absolute Gasteiger partial charge is 0.461 e. The highest BCUT2D eigenvalue weighted by molar-refractivity contribution is 8.15. The Kier molecular flexibility index (Phi) is 6.09. The minimum absolute atomic E-state index is 0.0286. The molecule has 0 aromatic heterocycles. The van der Waals surface area contributed by atoms with E-state index in [1.807, 2.05) is 0 Å². The van der Waals surface area contributed by atoms with Crippen molar-refractivity contribution < 1.29 is 38.1 Å². The van der Waals surface area contributed by atoms with E-state index < -0.39 is 43.6 Å². The Morgan fingerprint density at radius 2 is 1.71 bits per heavy atom. The van der Waals surface area contributed by atoms with Crippen LogP contribution >= 0.6 is 23.5 Å². The summed E-state index contributed by atoms with van der Waals surface area (Å²) in [5.41, 5.74) is -0.774. The molecule has 35 heavy (non-hydrogen) atoms. The van der Waals surface area contributed by atoms with Gasteiger partial charge < -0.3 is 28.7 Å². The monoisotopic (exact) mass is 521 g/mol. The summed E-state index contributed by atoms with van der Waals surface area (Å²) in [6.07, 6.45) is -0.150. The number of hydrogen-bond acceptors (Lipinski definition) is 11. The van der Waals surface area contributed by atoms with Gasteiger partial charge in [0.1, 0.15) is 0 Å². The van der Waals surface area contributed by atoms with Crippen molar-refractivity contribution in [3.63, 3.8) is 0 Å². The van der Waals surface area contributed by atoms with E-state index in [1.165, 1.54) is 33.1 Å². The summed E-state index contributed by atoms with van der Waals surface area (Å²) >= 11 is 1.08. The minimum Gasteiger partial charge on any atom is -0.461 e. The first-order valence-electron chi connectivity index (χ1n) is 10.4. The Bertz CT molecular complexity index is 1170. The molecular formula is C22H23N3O8S2. The predicted molar refractivity (Wildman–Crippen MR) is 124 cm³/mol. The third-order valence-electron chi connectivity index (χ3n) is 6.59. The zero-order valence-electron chi connectivity index (χ0n) is 19.6. The van der Waals surface area contributed by atoms with Crippen LogP contribution in [0.2, 0.25) is 0 Å². The van der Waals surface area contributed by atoms with Crippen LogP contribution < -0.4 is 9.47 Å². The van der Waals surface area contributed by atoms with Crippen LogP contribution in [0.1, 0.15) is 31.9 Å². The molecule has 3 aliphatic heterocycles. The zero-order valence-corrected chi connectivity index (χ0v) is 21.3. The van der Waals surface area contributed by atoms with Gasteiger partial charge in [-0.3, -0.25) is 9.59 Å². The summed E-state index contributed by atoms with van der Waals surface area (Å²) in [7, 11) is 3.72. The van der Waals surface area contributed by atoms with Gasteiger partial charge in [-0.15, -0.1) is 0 Å². The molecule has 11 nitrogen and oxygen atoms in total. The molecule has 2 fully saturated rings. The van der Waals surface area contributed by atoms with Gasteiger partial charge in [0.25, 0.3) is 11.8 Å². The lowest BCUT2D eigenvalue weighted by atomic mass is 9.79. The van der Waals surface area contributed by atoms with Gasteiger partial charge >= 0.3 is 10.6 Å². The molecule has 3 heterocycles. The van der Waals surface area contributed by atoms with Crippen molar-refractivity contribution in [3.05, 3.63) is 23.8 Å². The lowest BCUT2D eigenvalue weighted by molar-refractivity contribution is -0.163. The summed E-state index contributed by atoms with van der Waals surface area (Å²) in [6.45, 7) is 3.09. The normalized spacial score (nSPS) is 31.1. The number of amides is 2. The van der Waals surface area contributed by atoms with Crippen LogP contribution in [-0.2, 0) is 19.1 Å². The Balaban J connectivity index is 1.94. The molecule has 1 aromatic carbocycles. The van der Waals surface area contributed by atoms with Crippen LogP contribution in [0, 0.1) is 16.7 Å². The fourth-order valence-electron chi connectivity index (χ4n) is 4.78. The average molecular weight is 522 g/mol. The highest BCUT2D eigenvalue weighted by Crippen LogP contribution is 2.62. The first-order valence-corrected chi connectivity index (χ1v) is 12.1. The lowest BCUT2D eigenvalue weighted by Gasteiger charge is -2.52. The molecule has 1 aromatic rings. The molecule has 2 amide bonds. The maximum atomic E-state index is 14.2. The molecule has 2 saturated heterocycles. The Morgan fingerprint density at radius 3 is 2.34 bits per heavy atom. The summed E-state index contributed by atoms with van der Waals surface area (Å²) in [6, 6.07) is 6.31. The van der Waals surface area contributed by atoms with Crippen molar-refractivity contribution in [2.75, 3.05) is 28.1 Å². The number of thioether (sulfide) groups is 2. The van der Waals surface area contributed by atoms with E-state index in [0.717, 1.165) is 4.90 Å². The second-order valence-corrected chi connectivity index (χ2v) is 11.2. The average Bonchev–Trinajstić information content (AvgIpc) is 3.41. The van der Waals surface area contributed by atoms with E-state index in [2.05, 4.69) is 6.07 Å². The number of carbonyl (C=O) groups excluding carboxylic acids is 4. The third kappa shape index (κ3) is 3.58. The van der Waals surface area contributed by atoms with Gasteiger partial charge in [0.15, 0.2) is 21.2 Å². The molecule has 0 bridgehead atoms. The second kappa shape index (κ2) is 8.53. The molecule has 4 rings (SSSR count). The van der Waals surface area contributed by atoms with E-state index in [9.17, 15) is 24.4 Å². The number of methoxy groups -OCH3 is 2. The first-order chi connectivity index (χ1) is 16.5. The Labute approximate surface area is 210 Å². The van der Waals surface area contributed by atoms with Gasteiger partial charge in [-0.25, -0.2) is 9.59 Å². The summed E-state index contributed by atoms with van der Waals surface area (Å²) in [4.78, 5) is 51.8. The lowest BCUT2D eigenvalue weighted by Crippen LogP contribution is -2.71. The number of rotatable bonds is 3. The number of nitriles is 1. The van der Waals surface area contributed by atoms with E-state index >= 15 is 0 Å². The number of fused-ring (bicyclic) bond motifs is 2. The molecule has 0 N–H and O–H groups in total.